The molecule has 4 heteroatoms. The maximum atomic E-state index is 10.6. The van der Waals surface area contributed by atoms with Crippen molar-refractivity contribution in [1.29, 1.82) is 0 Å². The van der Waals surface area contributed by atoms with E-state index in [0.29, 0.717) is 12.6 Å². The largest absolute Gasteiger partial charge is 0.481 e. The van der Waals surface area contributed by atoms with Gasteiger partial charge in [-0.25, -0.2) is 0 Å². The SMILES string of the molecule is CCc1ccc(C(C)N2CCN(CCC(=O)O)CC2)cc1. The topological polar surface area (TPSA) is 43.8 Å². The van der Waals surface area contributed by atoms with Crippen molar-refractivity contribution in [3.8, 4) is 0 Å². The third-order valence-corrected chi connectivity index (χ3v) is 4.47. The van der Waals surface area contributed by atoms with Gasteiger partial charge in [0.15, 0.2) is 0 Å². The molecule has 0 bridgehead atoms. The molecule has 2 rings (SSSR count). The number of rotatable bonds is 6. The Morgan fingerprint density at radius 1 is 1.19 bits per heavy atom. The summed E-state index contributed by atoms with van der Waals surface area (Å²) in [4.78, 5) is 15.3. The summed E-state index contributed by atoms with van der Waals surface area (Å²) in [5, 5.41) is 8.74. The van der Waals surface area contributed by atoms with Gasteiger partial charge in [-0.1, -0.05) is 31.2 Å². The van der Waals surface area contributed by atoms with Crippen LogP contribution in [0, 0.1) is 0 Å². The Morgan fingerprint density at radius 3 is 2.33 bits per heavy atom. The highest BCUT2D eigenvalue weighted by molar-refractivity contribution is 5.66. The van der Waals surface area contributed by atoms with Crippen LogP contribution in [-0.4, -0.2) is 53.6 Å². The second kappa shape index (κ2) is 7.57. The first kappa shape index (κ1) is 16.0. The van der Waals surface area contributed by atoms with Gasteiger partial charge in [0.05, 0.1) is 6.42 Å². The summed E-state index contributed by atoms with van der Waals surface area (Å²) in [6.45, 7) is 9.05. The van der Waals surface area contributed by atoms with Gasteiger partial charge in [-0.15, -0.1) is 0 Å². The highest BCUT2D eigenvalue weighted by Gasteiger charge is 2.22. The van der Waals surface area contributed by atoms with Crippen molar-refractivity contribution in [1.82, 2.24) is 9.80 Å². The van der Waals surface area contributed by atoms with E-state index >= 15 is 0 Å². The number of carboxylic acid groups (broad SMARTS) is 1. The van der Waals surface area contributed by atoms with E-state index in [-0.39, 0.29) is 6.42 Å². The molecule has 0 aliphatic carbocycles. The average Bonchev–Trinajstić information content (AvgIpc) is 2.53. The first-order chi connectivity index (χ1) is 10.1. The summed E-state index contributed by atoms with van der Waals surface area (Å²) in [7, 11) is 0. The van der Waals surface area contributed by atoms with Crippen molar-refractivity contribution >= 4 is 5.97 Å². The fraction of sp³-hybridized carbons (Fsp3) is 0.588. The highest BCUT2D eigenvalue weighted by Crippen LogP contribution is 2.22. The lowest BCUT2D eigenvalue weighted by molar-refractivity contribution is -0.137. The highest BCUT2D eigenvalue weighted by atomic mass is 16.4. The van der Waals surface area contributed by atoms with Crippen LogP contribution in [0.25, 0.3) is 0 Å². The molecule has 1 fully saturated rings. The van der Waals surface area contributed by atoms with Crippen molar-refractivity contribution < 1.29 is 9.90 Å². The van der Waals surface area contributed by atoms with Crippen molar-refractivity contribution in [2.75, 3.05) is 32.7 Å². The van der Waals surface area contributed by atoms with E-state index in [1.165, 1.54) is 11.1 Å². The molecule has 0 amide bonds. The number of nitrogens with zero attached hydrogens (tertiary/aromatic N) is 2. The molecule has 0 saturated carbocycles. The summed E-state index contributed by atoms with van der Waals surface area (Å²) >= 11 is 0. The summed E-state index contributed by atoms with van der Waals surface area (Å²) in [5.74, 6) is -0.707. The number of carbonyl (C=O) groups is 1. The van der Waals surface area contributed by atoms with E-state index in [4.69, 9.17) is 5.11 Å². The Labute approximate surface area is 127 Å². The number of benzene rings is 1. The second-order valence-electron chi connectivity index (χ2n) is 5.79. The van der Waals surface area contributed by atoms with Crippen LogP contribution in [0.1, 0.15) is 37.4 Å². The molecule has 1 atom stereocenters. The lowest BCUT2D eigenvalue weighted by Gasteiger charge is -2.38. The van der Waals surface area contributed by atoms with E-state index in [1.54, 1.807) is 0 Å². The van der Waals surface area contributed by atoms with Gasteiger partial charge in [0.2, 0.25) is 0 Å². The molecule has 1 N–H and O–H groups in total. The van der Waals surface area contributed by atoms with Gasteiger partial charge in [0.1, 0.15) is 0 Å². The molecule has 1 aromatic carbocycles. The maximum absolute atomic E-state index is 10.6. The van der Waals surface area contributed by atoms with Crippen molar-refractivity contribution in [3.05, 3.63) is 35.4 Å². The Morgan fingerprint density at radius 2 is 1.81 bits per heavy atom. The quantitative estimate of drug-likeness (QED) is 0.874. The molecular weight excluding hydrogens is 264 g/mol. The van der Waals surface area contributed by atoms with Gasteiger partial charge in [-0.2, -0.15) is 0 Å². The molecule has 0 radical (unpaired) electrons. The predicted octanol–water partition coefficient (Wildman–Crippen LogP) is 2.40. The van der Waals surface area contributed by atoms with E-state index in [9.17, 15) is 4.79 Å². The summed E-state index contributed by atoms with van der Waals surface area (Å²) < 4.78 is 0. The van der Waals surface area contributed by atoms with Crippen LogP contribution in [0.15, 0.2) is 24.3 Å². The van der Waals surface area contributed by atoms with E-state index < -0.39 is 5.97 Å². The van der Waals surface area contributed by atoms with E-state index in [2.05, 4.69) is 47.9 Å². The predicted molar refractivity (Wildman–Crippen MR) is 84.5 cm³/mol. The third kappa shape index (κ3) is 4.55. The minimum atomic E-state index is -0.707. The van der Waals surface area contributed by atoms with Gasteiger partial charge < -0.3 is 10.0 Å². The Hall–Kier alpha value is -1.39. The molecule has 1 heterocycles. The van der Waals surface area contributed by atoms with Crippen molar-refractivity contribution in [3.63, 3.8) is 0 Å². The molecule has 0 aromatic heterocycles. The van der Waals surface area contributed by atoms with Gasteiger partial charge in [0, 0.05) is 38.8 Å². The van der Waals surface area contributed by atoms with Gasteiger partial charge >= 0.3 is 5.97 Å². The smallest absolute Gasteiger partial charge is 0.304 e. The van der Waals surface area contributed by atoms with Crippen LogP contribution >= 0.6 is 0 Å². The van der Waals surface area contributed by atoms with Gasteiger partial charge in [0.25, 0.3) is 0 Å². The molecule has 1 aliphatic rings. The first-order valence-electron chi connectivity index (χ1n) is 7.87. The molecular formula is C17H26N2O2. The normalized spacial score (nSPS) is 18.6. The lowest BCUT2D eigenvalue weighted by atomic mass is 10.0. The zero-order chi connectivity index (χ0) is 15.2. The molecule has 1 unspecified atom stereocenters. The summed E-state index contributed by atoms with van der Waals surface area (Å²) in [5.41, 5.74) is 2.75. The zero-order valence-electron chi connectivity index (χ0n) is 13.1. The molecule has 0 spiro atoms. The molecule has 116 valence electrons. The summed E-state index contributed by atoms with van der Waals surface area (Å²) in [6, 6.07) is 9.34. The molecule has 4 nitrogen and oxygen atoms in total. The molecule has 1 aliphatic heterocycles. The monoisotopic (exact) mass is 290 g/mol. The first-order valence-corrected chi connectivity index (χ1v) is 7.87. The Balaban J connectivity index is 1.84. The van der Waals surface area contributed by atoms with Crippen LogP contribution in [0.3, 0.4) is 0 Å². The number of carboxylic acids is 1. The molecule has 1 aromatic rings. The Kier molecular flexibility index (Phi) is 5.76. The minimum absolute atomic E-state index is 0.244. The lowest BCUT2D eigenvalue weighted by Crippen LogP contribution is -2.47. The fourth-order valence-electron chi connectivity index (χ4n) is 2.87. The van der Waals surface area contributed by atoms with Crippen LogP contribution in [0.5, 0.6) is 0 Å². The van der Waals surface area contributed by atoms with Crippen LogP contribution in [-0.2, 0) is 11.2 Å². The van der Waals surface area contributed by atoms with Crippen LogP contribution in [0.2, 0.25) is 0 Å². The average molecular weight is 290 g/mol. The standard InChI is InChI=1S/C17H26N2O2/c1-3-15-4-6-16(7-5-15)14(2)19-12-10-18(11-13-19)9-8-17(20)21/h4-7,14H,3,8-13H2,1-2H3,(H,20,21). The maximum Gasteiger partial charge on any atom is 0.304 e. The number of aliphatic carboxylic acids is 1. The van der Waals surface area contributed by atoms with Gasteiger partial charge in [-0.05, 0) is 24.5 Å². The molecule has 21 heavy (non-hydrogen) atoms. The Bertz CT molecular complexity index is 450. The molecule has 1 saturated heterocycles. The third-order valence-electron chi connectivity index (χ3n) is 4.47. The zero-order valence-corrected chi connectivity index (χ0v) is 13.1. The number of aryl methyl sites for hydroxylation is 1. The minimum Gasteiger partial charge on any atom is -0.481 e. The van der Waals surface area contributed by atoms with Crippen LogP contribution in [0.4, 0.5) is 0 Å². The summed E-state index contributed by atoms with van der Waals surface area (Å²) in [6.07, 6.45) is 1.32. The number of hydrogen-bond acceptors (Lipinski definition) is 3. The second-order valence-corrected chi connectivity index (χ2v) is 5.79. The van der Waals surface area contributed by atoms with Crippen molar-refractivity contribution in [2.45, 2.75) is 32.7 Å². The van der Waals surface area contributed by atoms with Crippen LogP contribution < -0.4 is 0 Å². The van der Waals surface area contributed by atoms with E-state index in [0.717, 1.165) is 32.6 Å². The van der Waals surface area contributed by atoms with Crippen molar-refractivity contribution in [2.24, 2.45) is 0 Å². The number of piperazine rings is 1. The van der Waals surface area contributed by atoms with E-state index in [1.807, 2.05) is 0 Å². The van der Waals surface area contributed by atoms with Gasteiger partial charge in [-0.3, -0.25) is 9.69 Å². The fourth-order valence-corrected chi connectivity index (χ4v) is 2.87. The number of hydrogen-bond donors (Lipinski definition) is 1.